The van der Waals surface area contributed by atoms with Gasteiger partial charge >= 0.3 is 6.96 Å². The molecule has 0 fully saturated rings. The second-order valence-electron chi connectivity index (χ2n) is 2.40. The topological polar surface area (TPSA) is 36.9 Å². The molecular weight excluding hydrogens is 171 g/mol. The molecule has 0 saturated heterocycles. The molecular formula is C8H20BO4-. The lowest BCUT2D eigenvalue weighted by molar-refractivity contribution is -0.0247. The molecule has 0 amide bonds. The molecule has 80 valence electrons. The Bertz CT molecular complexity index is 91.2. The minimum atomic E-state index is -1.97. The molecule has 0 atom stereocenters. The van der Waals surface area contributed by atoms with Crippen LogP contribution in [0.15, 0.2) is 0 Å². The number of hydrogen-bond acceptors (Lipinski definition) is 4. The van der Waals surface area contributed by atoms with E-state index in [1.54, 1.807) is 0 Å². The Hall–Kier alpha value is -0.0951. The van der Waals surface area contributed by atoms with Gasteiger partial charge in [0.25, 0.3) is 0 Å². The molecule has 0 spiro atoms. The minimum absolute atomic E-state index is 0.514. The maximum absolute atomic E-state index is 5.35. The zero-order valence-electron chi connectivity index (χ0n) is 9.04. The highest BCUT2D eigenvalue weighted by Gasteiger charge is 2.30. The molecule has 4 nitrogen and oxygen atoms in total. The van der Waals surface area contributed by atoms with Gasteiger partial charge in [-0.2, -0.15) is 0 Å². The third-order valence-corrected chi connectivity index (χ3v) is 1.48. The summed E-state index contributed by atoms with van der Waals surface area (Å²) in [4.78, 5) is 0. The van der Waals surface area contributed by atoms with Crippen molar-refractivity contribution in [2.75, 3.05) is 26.4 Å². The van der Waals surface area contributed by atoms with Gasteiger partial charge in [-0.25, -0.2) is 0 Å². The van der Waals surface area contributed by atoms with Crippen molar-refractivity contribution < 1.29 is 18.6 Å². The van der Waals surface area contributed by atoms with Gasteiger partial charge in [0.15, 0.2) is 0 Å². The maximum atomic E-state index is 5.35. The van der Waals surface area contributed by atoms with Crippen molar-refractivity contribution in [2.45, 2.75) is 27.7 Å². The van der Waals surface area contributed by atoms with Crippen LogP contribution in [0.2, 0.25) is 0 Å². The summed E-state index contributed by atoms with van der Waals surface area (Å²) < 4.78 is 21.4. The van der Waals surface area contributed by atoms with Gasteiger partial charge in [-0.05, 0) is 27.7 Å². The quantitative estimate of drug-likeness (QED) is 0.545. The zero-order chi connectivity index (χ0) is 10.2. The first kappa shape index (κ1) is 12.9. The van der Waals surface area contributed by atoms with Crippen LogP contribution in [0.25, 0.3) is 0 Å². The van der Waals surface area contributed by atoms with Crippen LogP contribution >= 0.6 is 0 Å². The Kier molecular flexibility index (Phi) is 7.27. The fourth-order valence-corrected chi connectivity index (χ4v) is 1.11. The van der Waals surface area contributed by atoms with E-state index in [-0.39, 0.29) is 0 Å². The second kappa shape index (κ2) is 7.32. The largest absolute Gasteiger partial charge is 0.531 e. The monoisotopic (exact) mass is 191 g/mol. The summed E-state index contributed by atoms with van der Waals surface area (Å²) in [5.74, 6) is 0. The average molecular weight is 191 g/mol. The van der Waals surface area contributed by atoms with Crippen LogP contribution in [0.3, 0.4) is 0 Å². The van der Waals surface area contributed by atoms with Gasteiger partial charge < -0.3 is 18.6 Å². The van der Waals surface area contributed by atoms with E-state index in [1.807, 2.05) is 27.7 Å². The molecule has 0 saturated carbocycles. The summed E-state index contributed by atoms with van der Waals surface area (Å²) in [7, 11) is 0. The highest BCUT2D eigenvalue weighted by molar-refractivity contribution is 6.53. The molecule has 0 heterocycles. The van der Waals surface area contributed by atoms with E-state index in [0.29, 0.717) is 26.4 Å². The zero-order valence-corrected chi connectivity index (χ0v) is 9.04. The molecule has 5 heteroatoms. The lowest BCUT2D eigenvalue weighted by Crippen LogP contribution is -2.49. The van der Waals surface area contributed by atoms with E-state index in [4.69, 9.17) is 18.6 Å². The summed E-state index contributed by atoms with van der Waals surface area (Å²) in [6, 6.07) is 0. The summed E-state index contributed by atoms with van der Waals surface area (Å²) in [5, 5.41) is 0. The predicted octanol–water partition coefficient (Wildman–Crippen LogP) is 1.57. The van der Waals surface area contributed by atoms with E-state index >= 15 is 0 Å². The minimum Gasteiger partial charge on any atom is -0.519 e. The van der Waals surface area contributed by atoms with Crippen LogP contribution in [0, 0.1) is 0 Å². The van der Waals surface area contributed by atoms with Gasteiger partial charge in [0.2, 0.25) is 0 Å². The van der Waals surface area contributed by atoms with Gasteiger partial charge in [0.05, 0.1) is 0 Å². The lowest BCUT2D eigenvalue weighted by atomic mass is 10.1. The molecule has 0 radical (unpaired) electrons. The van der Waals surface area contributed by atoms with Crippen LogP contribution in [-0.4, -0.2) is 33.4 Å². The molecule has 0 unspecified atom stereocenters. The molecule has 0 N–H and O–H groups in total. The van der Waals surface area contributed by atoms with Gasteiger partial charge in [0, 0.05) is 26.4 Å². The van der Waals surface area contributed by atoms with E-state index in [0.717, 1.165) is 0 Å². The molecule has 13 heavy (non-hydrogen) atoms. The van der Waals surface area contributed by atoms with Crippen molar-refractivity contribution in [3.8, 4) is 0 Å². The summed E-state index contributed by atoms with van der Waals surface area (Å²) >= 11 is 0. The third kappa shape index (κ3) is 4.62. The van der Waals surface area contributed by atoms with Crippen LogP contribution in [-0.2, 0) is 18.6 Å². The number of rotatable bonds is 8. The molecule has 0 aromatic rings. The van der Waals surface area contributed by atoms with Crippen LogP contribution in [0.5, 0.6) is 0 Å². The Morgan fingerprint density at radius 3 is 1.00 bits per heavy atom. The van der Waals surface area contributed by atoms with Crippen LogP contribution < -0.4 is 0 Å². The first-order valence-corrected chi connectivity index (χ1v) is 4.93. The van der Waals surface area contributed by atoms with E-state index < -0.39 is 6.96 Å². The summed E-state index contributed by atoms with van der Waals surface area (Å²) in [6.45, 7) is 7.61. The third-order valence-electron chi connectivity index (χ3n) is 1.48. The molecule has 0 bridgehead atoms. The first-order valence-electron chi connectivity index (χ1n) is 4.93. The molecule has 0 rings (SSSR count). The standard InChI is InChI=1S/C8H20BO4/c1-5-10-9(11-6-2,12-7-3)13-8-4/h5-8H2,1-4H3/q-1. The van der Waals surface area contributed by atoms with Crippen LogP contribution in [0.4, 0.5) is 0 Å². The van der Waals surface area contributed by atoms with Gasteiger partial charge in [-0.3, -0.25) is 0 Å². The first-order chi connectivity index (χ1) is 6.24. The van der Waals surface area contributed by atoms with Crippen molar-refractivity contribution in [3.63, 3.8) is 0 Å². The maximum Gasteiger partial charge on any atom is 0.531 e. The fourth-order valence-electron chi connectivity index (χ4n) is 1.11. The normalized spacial score (nSPS) is 12.0. The predicted molar refractivity (Wildman–Crippen MR) is 52.3 cm³/mol. The van der Waals surface area contributed by atoms with E-state index in [1.165, 1.54) is 0 Å². The molecule has 0 aliphatic heterocycles. The van der Waals surface area contributed by atoms with Gasteiger partial charge in [-0.1, -0.05) is 0 Å². The highest BCUT2D eigenvalue weighted by Crippen LogP contribution is 2.11. The average Bonchev–Trinajstić information content (AvgIpc) is 2.06. The van der Waals surface area contributed by atoms with E-state index in [9.17, 15) is 0 Å². The SMILES string of the molecule is CCO[B-](OCC)(OCC)OCC. The fraction of sp³-hybridized carbons (Fsp3) is 1.00. The van der Waals surface area contributed by atoms with Crippen LogP contribution in [0.1, 0.15) is 27.7 Å². The molecule has 0 aromatic heterocycles. The molecule has 0 aromatic carbocycles. The van der Waals surface area contributed by atoms with E-state index in [2.05, 4.69) is 0 Å². The van der Waals surface area contributed by atoms with Gasteiger partial charge in [0.1, 0.15) is 0 Å². The highest BCUT2D eigenvalue weighted by atomic mass is 16.9. The Balaban J connectivity index is 4.19. The molecule has 0 aliphatic rings. The Labute approximate surface area is 80.5 Å². The summed E-state index contributed by atoms with van der Waals surface area (Å²) in [6.07, 6.45) is 0. The second-order valence-corrected chi connectivity index (χ2v) is 2.40. The van der Waals surface area contributed by atoms with Crippen molar-refractivity contribution in [1.82, 2.24) is 0 Å². The summed E-state index contributed by atoms with van der Waals surface area (Å²) in [5.41, 5.74) is 0. The smallest absolute Gasteiger partial charge is 0.519 e. The van der Waals surface area contributed by atoms with Crippen molar-refractivity contribution in [1.29, 1.82) is 0 Å². The van der Waals surface area contributed by atoms with Gasteiger partial charge in [-0.15, -0.1) is 0 Å². The Morgan fingerprint density at radius 2 is 0.846 bits per heavy atom. The number of hydrogen-bond donors (Lipinski definition) is 0. The lowest BCUT2D eigenvalue weighted by Gasteiger charge is -2.39. The molecule has 0 aliphatic carbocycles. The van der Waals surface area contributed by atoms with Crippen molar-refractivity contribution in [3.05, 3.63) is 0 Å². The Morgan fingerprint density at radius 1 is 0.615 bits per heavy atom. The van der Waals surface area contributed by atoms with Crippen molar-refractivity contribution in [2.24, 2.45) is 0 Å². The van der Waals surface area contributed by atoms with Crippen molar-refractivity contribution >= 4 is 6.96 Å².